The van der Waals surface area contributed by atoms with Crippen molar-refractivity contribution < 1.29 is 48.0 Å². The van der Waals surface area contributed by atoms with Gasteiger partial charge in [0.1, 0.15) is 22.8 Å². The number of nitrogens with two attached hydrogens (primary N) is 1. The number of benzene rings is 2. The smallest absolute Gasteiger partial charge is 0.417 e. The van der Waals surface area contributed by atoms with Crippen LogP contribution < -0.4 is 5.73 Å². The number of ketones is 2. The van der Waals surface area contributed by atoms with E-state index in [1.54, 1.807) is 4.90 Å². The number of carbonyl (C=O) groups is 3. The van der Waals surface area contributed by atoms with Gasteiger partial charge in [0.05, 0.1) is 17.2 Å². The molecule has 0 saturated heterocycles. The predicted octanol–water partition coefficient (Wildman–Crippen LogP) is 3.05. The van der Waals surface area contributed by atoms with Gasteiger partial charge in [-0.15, -0.1) is 0 Å². The number of carbonyl (C=O) groups excluding carboxylic acids is 3. The summed E-state index contributed by atoms with van der Waals surface area (Å²) < 4.78 is 44.6. The van der Waals surface area contributed by atoms with Crippen LogP contribution in [0.2, 0.25) is 0 Å². The summed E-state index contributed by atoms with van der Waals surface area (Å²) in [5.74, 6) is -9.07. The lowest BCUT2D eigenvalue weighted by Crippen LogP contribution is -2.65. The average molecular weight is 644 g/mol. The van der Waals surface area contributed by atoms with Gasteiger partial charge in [-0.3, -0.25) is 24.2 Å². The van der Waals surface area contributed by atoms with Crippen molar-refractivity contribution in [2.45, 2.75) is 50.6 Å². The van der Waals surface area contributed by atoms with Crippen molar-refractivity contribution in [3.05, 3.63) is 81.1 Å². The predicted molar refractivity (Wildman–Crippen MR) is 160 cm³/mol. The van der Waals surface area contributed by atoms with Crippen LogP contribution in [0.1, 0.15) is 41.2 Å². The lowest BCUT2D eigenvalue weighted by atomic mass is 9.57. The maximum Gasteiger partial charge on any atom is 0.417 e. The molecule has 0 bridgehead atoms. The number of hydrogen-bond acceptors (Lipinski definition) is 9. The number of rotatable bonds is 8. The molecule has 2 aromatic rings. The van der Waals surface area contributed by atoms with Gasteiger partial charge in [-0.1, -0.05) is 37.3 Å². The van der Waals surface area contributed by atoms with E-state index in [0.29, 0.717) is 19.5 Å². The molecule has 1 fully saturated rings. The Hall–Kier alpha value is -4.20. The second kappa shape index (κ2) is 11.9. The molecule has 2 aromatic carbocycles. The van der Waals surface area contributed by atoms with Crippen molar-refractivity contribution in [2.75, 3.05) is 27.2 Å². The number of alkyl halides is 3. The first kappa shape index (κ1) is 33.2. The lowest BCUT2D eigenvalue weighted by molar-refractivity contribution is -0.153. The zero-order valence-corrected chi connectivity index (χ0v) is 25.6. The van der Waals surface area contributed by atoms with Crippen LogP contribution in [-0.2, 0) is 39.9 Å². The minimum Gasteiger partial charge on any atom is -0.508 e. The molecule has 4 atom stereocenters. The van der Waals surface area contributed by atoms with Gasteiger partial charge in [0.15, 0.2) is 11.4 Å². The Labute approximate surface area is 263 Å². The standard InChI is InChI=1S/C33H36F3N3O7/c1-4-39(11-10-16-8-6-5-7-9-16)15-18-14-21(40)23-19(25(18)33(34,35)36)12-17-13-20-26(38(2)3)28(42)24(31(37)45)30(44)32(20,46)29(43)22(17)27(23)41/h5-9,14,17,20,26,40-41,44,46H,4,10-13,15H2,1-3H3,(H2,37,45)/t17-,20-,26-,32-/m0/s1. The molecule has 0 radical (unpaired) electrons. The van der Waals surface area contributed by atoms with E-state index in [0.717, 1.165) is 11.6 Å². The number of aromatic hydroxyl groups is 1. The van der Waals surface area contributed by atoms with E-state index in [1.165, 1.54) is 19.0 Å². The van der Waals surface area contributed by atoms with Gasteiger partial charge in [-0.2, -0.15) is 13.2 Å². The highest BCUT2D eigenvalue weighted by atomic mass is 19.4. The van der Waals surface area contributed by atoms with E-state index in [1.807, 2.05) is 37.3 Å². The number of likely N-dealkylation sites (N-methyl/N-ethyl adjacent to an activating group) is 2. The molecule has 3 aliphatic carbocycles. The van der Waals surface area contributed by atoms with Crippen molar-refractivity contribution in [1.82, 2.24) is 9.80 Å². The number of primary amides is 1. The van der Waals surface area contributed by atoms with Crippen molar-refractivity contribution in [1.29, 1.82) is 0 Å². The quantitative estimate of drug-likeness (QED) is 0.272. The summed E-state index contributed by atoms with van der Waals surface area (Å²) in [6.45, 7) is 2.51. The third-order valence-corrected chi connectivity index (χ3v) is 9.49. The van der Waals surface area contributed by atoms with Crippen molar-refractivity contribution in [3.63, 3.8) is 0 Å². The molecule has 46 heavy (non-hydrogen) atoms. The molecule has 0 heterocycles. The first-order valence-electron chi connectivity index (χ1n) is 14.9. The molecule has 6 N–H and O–H groups in total. The summed E-state index contributed by atoms with van der Waals surface area (Å²) in [5, 5.41) is 45.1. The Morgan fingerprint density at radius 2 is 1.76 bits per heavy atom. The van der Waals surface area contributed by atoms with E-state index in [4.69, 9.17) is 5.73 Å². The van der Waals surface area contributed by atoms with Crippen LogP contribution >= 0.6 is 0 Å². The fraction of sp³-hybridized carbons (Fsp3) is 0.424. The average Bonchev–Trinajstić information content (AvgIpc) is 2.96. The third kappa shape index (κ3) is 5.25. The normalized spacial score (nSPS) is 24.8. The van der Waals surface area contributed by atoms with Gasteiger partial charge in [0.2, 0.25) is 5.78 Å². The summed E-state index contributed by atoms with van der Waals surface area (Å²) in [4.78, 5) is 42.5. The Kier molecular flexibility index (Phi) is 8.56. The highest BCUT2D eigenvalue weighted by Crippen LogP contribution is 2.54. The molecule has 1 saturated carbocycles. The number of hydrogen-bond donors (Lipinski definition) is 5. The van der Waals surface area contributed by atoms with E-state index in [2.05, 4.69) is 0 Å². The lowest BCUT2D eigenvalue weighted by Gasteiger charge is -2.50. The van der Waals surface area contributed by atoms with Gasteiger partial charge in [-0.25, -0.2) is 0 Å². The summed E-state index contributed by atoms with van der Waals surface area (Å²) in [6, 6.07) is 9.04. The summed E-state index contributed by atoms with van der Waals surface area (Å²) in [7, 11) is 2.88. The number of phenols is 1. The van der Waals surface area contributed by atoms with Gasteiger partial charge in [0, 0.05) is 24.6 Å². The SMILES string of the molecule is CCN(CCc1ccccc1)Cc1cc(O)c2c(c1C(F)(F)F)C[C@H]1C[C@H]3[C@H](N(C)C)C(=O)C(C(N)=O)=C(O)[C@@]3(O)C(=O)C1=C2O. The Morgan fingerprint density at radius 1 is 1.11 bits per heavy atom. The Bertz CT molecular complexity index is 1670. The maximum absolute atomic E-state index is 14.9. The molecule has 5 rings (SSSR count). The molecule has 0 spiro atoms. The van der Waals surface area contributed by atoms with E-state index in [9.17, 15) is 48.0 Å². The second-order valence-corrected chi connectivity index (χ2v) is 12.3. The molecule has 13 heteroatoms. The second-order valence-electron chi connectivity index (χ2n) is 12.3. The van der Waals surface area contributed by atoms with E-state index in [-0.39, 0.29) is 18.5 Å². The molecule has 246 valence electrons. The fourth-order valence-electron chi connectivity index (χ4n) is 7.38. The Balaban J connectivity index is 1.63. The largest absolute Gasteiger partial charge is 0.508 e. The van der Waals surface area contributed by atoms with Crippen molar-refractivity contribution >= 4 is 23.2 Å². The highest BCUT2D eigenvalue weighted by Gasteiger charge is 2.64. The van der Waals surface area contributed by atoms with Crippen LogP contribution in [0.25, 0.3) is 5.76 Å². The first-order valence-corrected chi connectivity index (χ1v) is 14.9. The Morgan fingerprint density at radius 3 is 2.33 bits per heavy atom. The van der Waals surface area contributed by atoms with E-state index >= 15 is 0 Å². The van der Waals surface area contributed by atoms with Crippen LogP contribution in [-0.4, -0.2) is 86.5 Å². The zero-order valence-electron chi connectivity index (χ0n) is 25.6. The number of amides is 1. The van der Waals surface area contributed by atoms with E-state index < -0.39 is 98.7 Å². The third-order valence-electron chi connectivity index (χ3n) is 9.49. The maximum atomic E-state index is 14.9. The number of aliphatic hydroxyl groups excluding tert-OH is 2. The number of aliphatic hydroxyl groups is 3. The number of nitrogens with zero attached hydrogens (tertiary/aromatic N) is 2. The minimum absolute atomic E-state index is 0.159. The van der Waals surface area contributed by atoms with Crippen molar-refractivity contribution in [2.24, 2.45) is 17.6 Å². The number of fused-ring (bicyclic) bond motifs is 3. The molecule has 1 amide bonds. The molecule has 10 nitrogen and oxygen atoms in total. The van der Waals surface area contributed by atoms with Crippen LogP contribution in [0.15, 0.2) is 53.3 Å². The highest BCUT2D eigenvalue weighted by molar-refractivity contribution is 6.24. The molecular weight excluding hydrogens is 607 g/mol. The number of phenolic OH excluding ortho intramolecular Hbond substituents is 1. The van der Waals surface area contributed by atoms with Crippen LogP contribution in [0.3, 0.4) is 0 Å². The van der Waals surface area contributed by atoms with Crippen LogP contribution in [0.5, 0.6) is 5.75 Å². The summed E-state index contributed by atoms with van der Waals surface area (Å²) >= 11 is 0. The minimum atomic E-state index is -4.91. The summed E-state index contributed by atoms with van der Waals surface area (Å²) in [5.41, 5.74) is -0.293. The number of Topliss-reactive ketones (excluding diaryl/α,β-unsaturated/α-hetero) is 2. The monoisotopic (exact) mass is 643 g/mol. The molecule has 0 unspecified atom stereocenters. The van der Waals surface area contributed by atoms with Crippen molar-refractivity contribution in [3.8, 4) is 5.75 Å². The van der Waals surface area contributed by atoms with Crippen LogP contribution in [0, 0.1) is 11.8 Å². The van der Waals surface area contributed by atoms with Gasteiger partial charge < -0.3 is 26.2 Å². The van der Waals surface area contributed by atoms with Gasteiger partial charge in [0.25, 0.3) is 5.91 Å². The molecule has 3 aliphatic rings. The topological polar surface area (TPSA) is 165 Å². The zero-order chi connectivity index (χ0) is 33.9. The molecular formula is C33H36F3N3O7. The van der Waals surface area contributed by atoms with Gasteiger partial charge in [-0.05, 0) is 68.6 Å². The molecule has 0 aromatic heterocycles. The fourth-order valence-corrected chi connectivity index (χ4v) is 7.38. The summed E-state index contributed by atoms with van der Waals surface area (Å²) in [6.07, 6.45) is -5.10. The van der Waals surface area contributed by atoms with Gasteiger partial charge >= 0.3 is 6.18 Å². The molecule has 0 aliphatic heterocycles. The van der Waals surface area contributed by atoms with Crippen LogP contribution in [0.4, 0.5) is 13.2 Å². The number of halogens is 3. The first-order chi connectivity index (χ1) is 21.5.